The largest absolute Gasteiger partial charge is 0.352 e. The first-order chi connectivity index (χ1) is 8.45. The molecule has 1 aromatic rings. The molecule has 0 bridgehead atoms. The third-order valence-electron chi connectivity index (χ3n) is 2.37. The number of carbonyl (C=O) groups excluding carboxylic acids is 1. The standard InChI is InChI=1S/C12H16Cl2N2OS/c1-7(15)3-4-16-12(17)8-5-11(18-2)10(14)6-9(8)13/h5-7H,3-4,15H2,1-2H3,(H,16,17). The summed E-state index contributed by atoms with van der Waals surface area (Å²) in [5.74, 6) is -0.201. The number of hydrogen-bond donors (Lipinski definition) is 2. The molecule has 0 aliphatic heterocycles. The van der Waals surface area contributed by atoms with Crippen LogP contribution in [-0.2, 0) is 0 Å². The fourth-order valence-corrected chi connectivity index (χ4v) is 2.56. The summed E-state index contributed by atoms with van der Waals surface area (Å²) in [5, 5.41) is 3.70. The van der Waals surface area contributed by atoms with Crippen molar-refractivity contribution in [3.63, 3.8) is 0 Å². The van der Waals surface area contributed by atoms with Crippen molar-refractivity contribution in [1.29, 1.82) is 0 Å². The van der Waals surface area contributed by atoms with Gasteiger partial charge in [-0.1, -0.05) is 23.2 Å². The topological polar surface area (TPSA) is 55.1 Å². The van der Waals surface area contributed by atoms with E-state index in [4.69, 9.17) is 28.9 Å². The van der Waals surface area contributed by atoms with Gasteiger partial charge in [0.05, 0.1) is 15.6 Å². The van der Waals surface area contributed by atoms with Crippen LogP contribution in [0, 0.1) is 0 Å². The molecule has 0 heterocycles. The first-order valence-electron chi connectivity index (χ1n) is 5.52. The van der Waals surface area contributed by atoms with E-state index in [1.165, 1.54) is 11.8 Å². The number of amides is 1. The lowest BCUT2D eigenvalue weighted by Gasteiger charge is -2.10. The fourth-order valence-electron chi connectivity index (χ4n) is 1.37. The first-order valence-corrected chi connectivity index (χ1v) is 7.50. The van der Waals surface area contributed by atoms with Crippen molar-refractivity contribution < 1.29 is 4.79 Å². The summed E-state index contributed by atoms with van der Waals surface area (Å²) in [6.07, 6.45) is 2.62. The van der Waals surface area contributed by atoms with Gasteiger partial charge in [0, 0.05) is 17.5 Å². The molecular weight excluding hydrogens is 291 g/mol. The van der Waals surface area contributed by atoms with E-state index >= 15 is 0 Å². The van der Waals surface area contributed by atoms with E-state index in [1.807, 2.05) is 13.2 Å². The maximum Gasteiger partial charge on any atom is 0.252 e. The summed E-state index contributed by atoms with van der Waals surface area (Å²) in [6.45, 7) is 2.43. The Bertz CT molecular complexity index is 438. The lowest BCUT2D eigenvalue weighted by atomic mass is 10.2. The van der Waals surface area contributed by atoms with Crippen LogP contribution in [0.1, 0.15) is 23.7 Å². The SMILES string of the molecule is CSc1cc(C(=O)NCCC(C)N)c(Cl)cc1Cl. The predicted molar refractivity (Wildman–Crippen MR) is 78.8 cm³/mol. The molecule has 1 amide bonds. The summed E-state index contributed by atoms with van der Waals surface area (Å²) < 4.78 is 0. The molecule has 3 nitrogen and oxygen atoms in total. The van der Waals surface area contributed by atoms with Crippen LogP contribution in [0.3, 0.4) is 0 Å². The lowest BCUT2D eigenvalue weighted by Crippen LogP contribution is -2.29. The Morgan fingerprint density at radius 1 is 1.44 bits per heavy atom. The second-order valence-electron chi connectivity index (χ2n) is 3.99. The van der Waals surface area contributed by atoms with Gasteiger partial charge in [-0.3, -0.25) is 4.79 Å². The summed E-state index contributed by atoms with van der Waals surface area (Å²) in [5.41, 5.74) is 6.05. The molecule has 1 unspecified atom stereocenters. The first kappa shape index (κ1) is 15.6. The summed E-state index contributed by atoms with van der Waals surface area (Å²) in [4.78, 5) is 12.8. The van der Waals surface area contributed by atoms with Crippen LogP contribution < -0.4 is 11.1 Å². The minimum atomic E-state index is -0.201. The number of halogens is 2. The molecule has 3 N–H and O–H groups in total. The summed E-state index contributed by atoms with van der Waals surface area (Å²) in [7, 11) is 0. The third kappa shape index (κ3) is 4.35. The van der Waals surface area contributed by atoms with Gasteiger partial charge < -0.3 is 11.1 Å². The van der Waals surface area contributed by atoms with Crippen molar-refractivity contribution in [1.82, 2.24) is 5.32 Å². The Labute approximate surface area is 121 Å². The minimum absolute atomic E-state index is 0.0627. The van der Waals surface area contributed by atoms with Crippen LogP contribution in [0.5, 0.6) is 0 Å². The number of benzene rings is 1. The molecule has 0 spiro atoms. The molecule has 1 rings (SSSR count). The molecule has 0 radical (unpaired) electrons. The molecule has 1 atom stereocenters. The van der Waals surface area contributed by atoms with Crippen LogP contribution in [0.25, 0.3) is 0 Å². The monoisotopic (exact) mass is 306 g/mol. The summed E-state index contributed by atoms with van der Waals surface area (Å²) in [6, 6.07) is 3.36. The number of rotatable bonds is 5. The van der Waals surface area contributed by atoms with E-state index < -0.39 is 0 Å². The van der Waals surface area contributed by atoms with Gasteiger partial charge in [-0.15, -0.1) is 11.8 Å². The molecule has 1 aromatic carbocycles. The Morgan fingerprint density at radius 3 is 2.67 bits per heavy atom. The van der Waals surface area contributed by atoms with Crippen molar-refractivity contribution in [3.8, 4) is 0 Å². The Kier molecular flexibility index (Phi) is 6.29. The highest BCUT2D eigenvalue weighted by Crippen LogP contribution is 2.31. The summed E-state index contributed by atoms with van der Waals surface area (Å²) >= 11 is 13.5. The zero-order valence-electron chi connectivity index (χ0n) is 10.3. The molecule has 0 aliphatic carbocycles. The number of thioether (sulfide) groups is 1. The van der Waals surface area contributed by atoms with Crippen molar-refractivity contribution in [3.05, 3.63) is 27.7 Å². The second-order valence-corrected chi connectivity index (χ2v) is 5.65. The van der Waals surface area contributed by atoms with Gasteiger partial charge in [-0.25, -0.2) is 0 Å². The van der Waals surface area contributed by atoms with E-state index in [0.717, 1.165) is 11.3 Å². The molecule has 0 fully saturated rings. The zero-order valence-corrected chi connectivity index (χ0v) is 12.6. The fraction of sp³-hybridized carbons (Fsp3) is 0.417. The molecule has 0 aliphatic rings. The van der Waals surface area contributed by atoms with Gasteiger partial charge in [-0.2, -0.15) is 0 Å². The van der Waals surface area contributed by atoms with E-state index in [0.29, 0.717) is 22.2 Å². The average molecular weight is 307 g/mol. The zero-order chi connectivity index (χ0) is 13.7. The Morgan fingerprint density at radius 2 is 2.11 bits per heavy atom. The molecular formula is C12H16Cl2N2OS. The molecule has 0 aromatic heterocycles. The Hall–Kier alpha value is -0.420. The van der Waals surface area contributed by atoms with Crippen LogP contribution in [0.2, 0.25) is 10.0 Å². The average Bonchev–Trinajstić information content (AvgIpc) is 2.28. The van der Waals surface area contributed by atoms with Gasteiger partial charge in [0.2, 0.25) is 0 Å². The lowest BCUT2D eigenvalue weighted by molar-refractivity contribution is 0.0952. The van der Waals surface area contributed by atoms with Gasteiger partial charge in [0.25, 0.3) is 5.91 Å². The van der Waals surface area contributed by atoms with Crippen molar-refractivity contribution in [2.75, 3.05) is 12.8 Å². The van der Waals surface area contributed by atoms with E-state index in [-0.39, 0.29) is 11.9 Å². The molecule has 0 saturated heterocycles. The maximum atomic E-state index is 11.9. The molecule has 0 saturated carbocycles. The number of nitrogens with one attached hydrogen (secondary N) is 1. The second kappa shape index (κ2) is 7.24. The van der Waals surface area contributed by atoms with Crippen LogP contribution in [-0.4, -0.2) is 24.7 Å². The van der Waals surface area contributed by atoms with Gasteiger partial charge in [0.1, 0.15) is 0 Å². The van der Waals surface area contributed by atoms with Crippen molar-refractivity contribution in [2.45, 2.75) is 24.3 Å². The highest BCUT2D eigenvalue weighted by molar-refractivity contribution is 7.98. The van der Waals surface area contributed by atoms with E-state index in [2.05, 4.69) is 5.32 Å². The van der Waals surface area contributed by atoms with Crippen molar-refractivity contribution >= 4 is 40.9 Å². The molecule has 18 heavy (non-hydrogen) atoms. The minimum Gasteiger partial charge on any atom is -0.352 e. The third-order valence-corrected chi connectivity index (χ3v) is 3.89. The van der Waals surface area contributed by atoms with Crippen molar-refractivity contribution in [2.24, 2.45) is 5.73 Å². The predicted octanol–water partition coefficient (Wildman–Crippen LogP) is 3.18. The molecule has 6 heteroatoms. The number of hydrogen-bond acceptors (Lipinski definition) is 3. The highest BCUT2D eigenvalue weighted by Gasteiger charge is 2.13. The normalized spacial score (nSPS) is 12.3. The Balaban J connectivity index is 2.79. The van der Waals surface area contributed by atoms with Gasteiger partial charge in [0.15, 0.2) is 0 Å². The van der Waals surface area contributed by atoms with Crippen LogP contribution in [0.15, 0.2) is 17.0 Å². The highest BCUT2D eigenvalue weighted by atomic mass is 35.5. The van der Waals surface area contributed by atoms with Crippen LogP contribution >= 0.6 is 35.0 Å². The number of nitrogens with two attached hydrogens (primary N) is 1. The van der Waals surface area contributed by atoms with Gasteiger partial charge in [-0.05, 0) is 31.7 Å². The maximum absolute atomic E-state index is 11.9. The quantitative estimate of drug-likeness (QED) is 0.822. The number of carbonyl (C=O) groups is 1. The molecule has 100 valence electrons. The van der Waals surface area contributed by atoms with Gasteiger partial charge >= 0.3 is 0 Å². The smallest absolute Gasteiger partial charge is 0.252 e. The van der Waals surface area contributed by atoms with Crippen LogP contribution in [0.4, 0.5) is 0 Å². The van der Waals surface area contributed by atoms with E-state index in [1.54, 1.807) is 12.1 Å². The van der Waals surface area contributed by atoms with E-state index in [9.17, 15) is 4.79 Å².